The zero-order valence-corrected chi connectivity index (χ0v) is 8.16. The molecule has 0 radical (unpaired) electrons. The highest BCUT2D eigenvalue weighted by atomic mass is 19.1. The molecule has 1 aliphatic heterocycles. The quantitative estimate of drug-likeness (QED) is 0.780. The average Bonchev–Trinajstić information content (AvgIpc) is 2.65. The number of ether oxygens (including phenoxy) is 1. The number of halogens is 1. The molecule has 0 amide bonds. The van der Waals surface area contributed by atoms with Crippen molar-refractivity contribution < 1.29 is 9.13 Å². The van der Waals surface area contributed by atoms with Gasteiger partial charge in [0.25, 0.3) is 0 Å². The Bertz CT molecular complexity index is 316. The molecule has 2 rings (SSSR count). The summed E-state index contributed by atoms with van der Waals surface area (Å²) in [4.78, 5) is 0. The summed E-state index contributed by atoms with van der Waals surface area (Å²) in [5.41, 5.74) is 1.10. The molecule has 2 unspecified atom stereocenters. The number of rotatable bonds is 2. The summed E-state index contributed by atoms with van der Waals surface area (Å²) >= 11 is 0. The fraction of sp³-hybridized carbons (Fsp3) is 0.455. The van der Waals surface area contributed by atoms with Gasteiger partial charge in [-0.15, -0.1) is 0 Å². The van der Waals surface area contributed by atoms with Gasteiger partial charge in [0.15, 0.2) is 0 Å². The second-order valence-corrected chi connectivity index (χ2v) is 3.57. The van der Waals surface area contributed by atoms with Gasteiger partial charge in [-0.25, -0.2) is 4.39 Å². The van der Waals surface area contributed by atoms with Gasteiger partial charge in [0.2, 0.25) is 0 Å². The molecule has 3 heteroatoms. The number of hydrogen-bond acceptors (Lipinski definition) is 2. The van der Waals surface area contributed by atoms with Crippen LogP contribution in [0.25, 0.3) is 0 Å². The van der Waals surface area contributed by atoms with Gasteiger partial charge in [0.05, 0.1) is 7.11 Å². The van der Waals surface area contributed by atoms with Crippen LogP contribution >= 0.6 is 0 Å². The molecule has 1 saturated heterocycles. The lowest BCUT2D eigenvalue weighted by molar-refractivity contribution is 0.355. The van der Waals surface area contributed by atoms with Crippen LogP contribution in [-0.4, -0.2) is 19.8 Å². The first-order chi connectivity index (χ1) is 6.79. The van der Waals surface area contributed by atoms with Gasteiger partial charge in [-0.3, -0.25) is 0 Å². The van der Waals surface area contributed by atoms with Crippen LogP contribution in [0.3, 0.4) is 0 Å². The van der Waals surface area contributed by atoms with Crippen molar-refractivity contribution in [2.75, 3.05) is 13.7 Å². The Balaban J connectivity index is 2.15. The molecule has 1 fully saturated rings. The summed E-state index contributed by atoms with van der Waals surface area (Å²) in [5, 5.41) is 3.14. The number of nitrogens with one attached hydrogen (secondary N) is 1. The topological polar surface area (TPSA) is 21.3 Å². The lowest BCUT2D eigenvalue weighted by Crippen LogP contribution is -2.13. The van der Waals surface area contributed by atoms with Crippen molar-refractivity contribution in [3.63, 3.8) is 0 Å². The van der Waals surface area contributed by atoms with Crippen LogP contribution in [0.5, 0.6) is 5.75 Å². The maximum absolute atomic E-state index is 12.9. The molecule has 0 aliphatic carbocycles. The fourth-order valence-electron chi connectivity index (χ4n) is 1.80. The number of hydrogen-bond donors (Lipinski definition) is 1. The number of benzene rings is 1. The van der Waals surface area contributed by atoms with E-state index >= 15 is 0 Å². The summed E-state index contributed by atoms with van der Waals surface area (Å²) in [7, 11) is 1.64. The maximum atomic E-state index is 12.9. The highest BCUT2D eigenvalue weighted by molar-refractivity contribution is 5.31. The highest BCUT2D eigenvalue weighted by Crippen LogP contribution is 2.27. The lowest BCUT2D eigenvalue weighted by Gasteiger charge is -2.11. The van der Waals surface area contributed by atoms with Crippen molar-refractivity contribution in [2.45, 2.75) is 18.6 Å². The monoisotopic (exact) mass is 195 g/mol. The van der Waals surface area contributed by atoms with Crippen molar-refractivity contribution in [1.82, 2.24) is 5.32 Å². The van der Waals surface area contributed by atoms with Crippen LogP contribution in [0.1, 0.15) is 18.0 Å². The summed E-state index contributed by atoms with van der Waals surface area (Å²) in [6, 6.07) is 7.92. The lowest BCUT2D eigenvalue weighted by atomic mass is 10.0. The van der Waals surface area contributed by atoms with Gasteiger partial charge in [0.1, 0.15) is 11.9 Å². The van der Waals surface area contributed by atoms with Crippen molar-refractivity contribution in [3.05, 3.63) is 29.8 Å². The highest BCUT2D eigenvalue weighted by Gasteiger charge is 2.24. The van der Waals surface area contributed by atoms with Gasteiger partial charge in [-0.2, -0.15) is 0 Å². The van der Waals surface area contributed by atoms with E-state index in [1.54, 1.807) is 7.11 Å². The van der Waals surface area contributed by atoms with E-state index in [9.17, 15) is 4.39 Å². The Labute approximate surface area is 83.1 Å². The van der Waals surface area contributed by atoms with E-state index in [1.807, 2.05) is 24.3 Å². The second kappa shape index (κ2) is 3.96. The number of methoxy groups -OCH3 is 1. The van der Waals surface area contributed by atoms with Gasteiger partial charge in [-0.1, -0.05) is 12.1 Å². The van der Waals surface area contributed by atoms with Crippen LogP contribution in [0.4, 0.5) is 4.39 Å². The van der Waals surface area contributed by atoms with E-state index < -0.39 is 6.17 Å². The van der Waals surface area contributed by atoms with E-state index in [0.29, 0.717) is 13.0 Å². The minimum absolute atomic E-state index is 0.139. The van der Waals surface area contributed by atoms with Gasteiger partial charge >= 0.3 is 0 Å². The van der Waals surface area contributed by atoms with Crippen LogP contribution in [0, 0.1) is 0 Å². The summed E-state index contributed by atoms with van der Waals surface area (Å²) in [5.74, 6) is 0.826. The van der Waals surface area contributed by atoms with Gasteiger partial charge < -0.3 is 10.1 Å². The molecule has 2 nitrogen and oxygen atoms in total. The Morgan fingerprint density at radius 1 is 1.50 bits per heavy atom. The molecule has 2 atom stereocenters. The minimum atomic E-state index is -0.716. The van der Waals surface area contributed by atoms with Crippen molar-refractivity contribution in [3.8, 4) is 5.75 Å². The van der Waals surface area contributed by atoms with Gasteiger partial charge in [0, 0.05) is 12.6 Å². The van der Waals surface area contributed by atoms with Crippen molar-refractivity contribution >= 4 is 0 Å². The molecule has 1 heterocycles. The van der Waals surface area contributed by atoms with Crippen LogP contribution in [0.2, 0.25) is 0 Å². The van der Waals surface area contributed by atoms with E-state index in [4.69, 9.17) is 4.74 Å². The molecule has 0 aromatic heterocycles. The molecule has 1 aromatic carbocycles. The zero-order chi connectivity index (χ0) is 9.97. The predicted molar refractivity (Wildman–Crippen MR) is 53.3 cm³/mol. The second-order valence-electron chi connectivity index (χ2n) is 3.57. The normalized spacial score (nSPS) is 26.4. The van der Waals surface area contributed by atoms with Crippen molar-refractivity contribution in [1.29, 1.82) is 0 Å². The average molecular weight is 195 g/mol. The molecule has 0 spiro atoms. The Morgan fingerprint density at radius 3 is 3.00 bits per heavy atom. The molecular weight excluding hydrogens is 181 g/mol. The first-order valence-corrected chi connectivity index (χ1v) is 4.81. The summed E-state index contributed by atoms with van der Waals surface area (Å²) in [6.45, 7) is 0.460. The Morgan fingerprint density at radius 2 is 2.36 bits per heavy atom. The molecule has 1 N–H and O–H groups in total. The molecule has 14 heavy (non-hydrogen) atoms. The van der Waals surface area contributed by atoms with E-state index in [-0.39, 0.29) is 6.04 Å². The predicted octanol–water partition coefficient (Wildman–Crippen LogP) is 2.07. The third-order valence-electron chi connectivity index (χ3n) is 2.57. The van der Waals surface area contributed by atoms with Crippen molar-refractivity contribution in [2.24, 2.45) is 0 Å². The van der Waals surface area contributed by atoms with E-state index in [1.165, 1.54) is 0 Å². The first-order valence-electron chi connectivity index (χ1n) is 4.81. The molecule has 1 aromatic rings. The summed E-state index contributed by atoms with van der Waals surface area (Å²) in [6.07, 6.45) is -0.154. The standard InChI is InChI=1S/C11H14FNO/c1-14-10-4-2-3-8(5-10)11-6-9(12)7-13-11/h2-5,9,11,13H,6-7H2,1H3. The molecule has 0 saturated carbocycles. The van der Waals surface area contributed by atoms with Crippen LogP contribution in [-0.2, 0) is 0 Å². The molecule has 1 aliphatic rings. The SMILES string of the molecule is COc1cccc(C2CC(F)CN2)c1. The Kier molecular flexibility index (Phi) is 2.68. The minimum Gasteiger partial charge on any atom is -0.497 e. The largest absolute Gasteiger partial charge is 0.497 e. The van der Waals surface area contributed by atoms with Crippen LogP contribution < -0.4 is 10.1 Å². The van der Waals surface area contributed by atoms with E-state index in [2.05, 4.69) is 5.32 Å². The summed E-state index contributed by atoms with van der Waals surface area (Å²) < 4.78 is 18.1. The molecule has 76 valence electrons. The third kappa shape index (κ3) is 1.87. The van der Waals surface area contributed by atoms with Gasteiger partial charge in [-0.05, 0) is 24.1 Å². The molecular formula is C11H14FNO. The van der Waals surface area contributed by atoms with Crippen LogP contribution in [0.15, 0.2) is 24.3 Å². The fourth-order valence-corrected chi connectivity index (χ4v) is 1.80. The van der Waals surface area contributed by atoms with E-state index in [0.717, 1.165) is 11.3 Å². The molecule has 0 bridgehead atoms. The smallest absolute Gasteiger partial charge is 0.119 e. The maximum Gasteiger partial charge on any atom is 0.119 e. The zero-order valence-electron chi connectivity index (χ0n) is 8.16. The Hall–Kier alpha value is -1.09. The first kappa shape index (κ1) is 9.46. The number of alkyl halides is 1. The third-order valence-corrected chi connectivity index (χ3v) is 2.57.